The van der Waals surface area contributed by atoms with Gasteiger partial charge < -0.3 is 4.57 Å². The maximum Gasteiger partial charge on any atom is 0.0949 e. The SMILES string of the molecule is CN=C(Cn1ccnc1)c1ccc(Cl)c(C)c1. The zero-order valence-electron chi connectivity index (χ0n) is 9.89. The molecule has 0 fully saturated rings. The molecule has 0 N–H and O–H groups in total. The fourth-order valence-electron chi connectivity index (χ4n) is 1.67. The predicted molar refractivity (Wildman–Crippen MR) is 70.9 cm³/mol. The number of rotatable bonds is 3. The molecule has 0 unspecified atom stereocenters. The summed E-state index contributed by atoms with van der Waals surface area (Å²) in [6, 6.07) is 5.96. The summed E-state index contributed by atoms with van der Waals surface area (Å²) < 4.78 is 1.99. The second-order valence-electron chi connectivity index (χ2n) is 3.87. The molecule has 1 aromatic heterocycles. The zero-order valence-corrected chi connectivity index (χ0v) is 10.6. The van der Waals surface area contributed by atoms with E-state index in [0.29, 0.717) is 0 Å². The van der Waals surface area contributed by atoms with Gasteiger partial charge in [-0.15, -0.1) is 0 Å². The lowest BCUT2D eigenvalue weighted by Gasteiger charge is -2.08. The van der Waals surface area contributed by atoms with Gasteiger partial charge in [-0.1, -0.05) is 17.7 Å². The summed E-state index contributed by atoms with van der Waals surface area (Å²) in [5.74, 6) is 0. The highest BCUT2D eigenvalue weighted by molar-refractivity contribution is 6.31. The number of aliphatic imine (C=N–C) groups is 1. The van der Waals surface area contributed by atoms with Crippen LogP contribution >= 0.6 is 11.6 Å². The molecular formula is C13H14ClN3. The quantitative estimate of drug-likeness (QED) is 0.767. The van der Waals surface area contributed by atoms with E-state index in [1.165, 1.54) is 0 Å². The highest BCUT2D eigenvalue weighted by Gasteiger charge is 2.05. The van der Waals surface area contributed by atoms with Crippen molar-refractivity contribution in [2.75, 3.05) is 7.05 Å². The first-order valence-electron chi connectivity index (χ1n) is 5.38. The fraction of sp³-hybridized carbons (Fsp3) is 0.231. The van der Waals surface area contributed by atoms with E-state index in [9.17, 15) is 0 Å². The molecule has 0 saturated carbocycles. The Hall–Kier alpha value is -1.61. The van der Waals surface area contributed by atoms with E-state index in [1.807, 2.05) is 29.8 Å². The van der Waals surface area contributed by atoms with Crippen molar-refractivity contribution in [3.05, 3.63) is 53.1 Å². The van der Waals surface area contributed by atoms with E-state index >= 15 is 0 Å². The topological polar surface area (TPSA) is 30.2 Å². The molecule has 0 radical (unpaired) electrons. The molecule has 0 saturated heterocycles. The third-order valence-electron chi connectivity index (χ3n) is 2.65. The van der Waals surface area contributed by atoms with Crippen molar-refractivity contribution in [3.8, 4) is 0 Å². The van der Waals surface area contributed by atoms with Gasteiger partial charge in [0.15, 0.2) is 0 Å². The summed E-state index contributed by atoms with van der Waals surface area (Å²) in [5.41, 5.74) is 3.18. The summed E-state index contributed by atoms with van der Waals surface area (Å²) in [5, 5.41) is 0.784. The lowest BCUT2D eigenvalue weighted by molar-refractivity contribution is 0.849. The van der Waals surface area contributed by atoms with E-state index < -0.39 is 0 Å². The third-order valence-corrected chi connectivity index (χ3v) is 3.08. The second kappa shape index (κ2) is 5.15. The Bertz CT molecular complexity index is 530. The van der Waals surface area contributed by atoms with Crippen molar-refractivity contribution in [1.29, 1.82) is 0 Å². The van der Waals surface area contributed by atoms with Gasteiger partial charge in [-0.2, -0.15) is 0 Å². The van der Waals surface area contributed by atoms with E-state index in [-0.39, 0.29) is 0 Å². The number of aryl methyl sites for hydroxylation is 1. The first-order chi connectivity index (χ1) is 8.20. The first-order valence-corrected chi connectivity index (χ1v) is 5.76. The van der Waals surface area contributed by atoms with Crippen LogP contribution < -0.4 is 0 Å². The van der Waals surface area contributed by atoms with E-state index in [1.54, 1.807) is 19.6 Å². The van der Waals surface area contributed by atoms with Crippen LogP contribution in [0.4, 0.5) is 0 Å². The van der Waals surface area contributed by atoms with Crippen molar-refractivity contribution in [1.82, 2.24) is 9.55 Å². The Morgan fingerprint density at radius 1 is 1.47 bits per heavy atom. The predicted octanol–water partition coefficient (Wildman–Crippen LogP) is 2.96. The molecule has 88 valence electrons. The summed E-state index contributed by atoms with van der Waals surface area (Å²) in [4.78, 5) is 8.35. The molecule has 2 rings (SSSR count). The maximum absolute atomic E-state index is 6.02. The molecule has 3 nitrogen and oxygen atoms in total. The maximum atomic E-state index is 6.02. The van der Waals surface area contributed by atoms with Gasteiger partial charge in [0, 0.05) is 24.5 Å². The monoisotopic (exact) mass is 247 g/mol. The molecule has 0 aliphatic rings. The average Bonchev–Trinajstić information content (AvgIpc) is 2.82. The second-order valence-corrected chi connectivity index (χ2v) is 4.28. The number of hydrogen-bond acceptors (Lipinski definition) is 2. The molecule has 1 heterocycles. The van der Waals surface area contributed by atoms with E-state index in [4.69, 9.17) is 11.6 Å². The van der Waals surface area contributed by atoms with Gasteiger partial charge in [0.2, 0.25) is 0 Å². The van der Waals surface area contributed by atoms with Gasteiger partial charge in [0.25, 0.3) is 0 Å². The van der Waals surface area contributed by atoms with Crippen LogP contribution in [0.1, 0.15) is 11.1 Å². The third kappa shape index (κ3) is 2.74. The van der Waals surface area contributed by atoms with Crippen LogP contribution in [0, 0.1) is 6.92 Å². The number of benzene rings is 1. The van der Waals surface area contributed by atoms with Gasteiger partial charge in [0.1, 0.15) is 0 Å². The van der Waals surface area contributed by atoms with E-state index in [0.717, 1.165) is 28.4 Å². The van der Waals surface area contributed by atoms with Gasteiger partial charge in [0.05, 0.1) is 18.6 Å². The minimum absolute atomic E-state index is 0.720. The zero-order chi connectivity index (χ0) is 12.3. The summed E-state index contributed by atoms with van der Waals surface area (Å²) >= 11 is 6.02. The van der Waals surface area contributed by atoms with Crippen LogP contribution in [0.25, 0.3) is 0 Å². The van der Waals surface area contributed by atoms with E-state index in [2.05, 4.69) is 16.0 Å². The molecule has 0 aliphatic heterocycles. The van der Waals surface area contributed by atoms with Crippen molar-refractivity contribution >= 4 is 17.3 Å². The normalized spacial score (nSPS) is 11.8. The van der Waals surface area contributed by atoms with Crippen molar-refractivity contribution < 1.29 is 0 Å². The lowest BCUT2D eigenvalue weighted by Crippen LogP contribution is -2.10. The summed E-state index contributed by atoms with van der Waals surface area (Å²) in [7, 11) is 1.80. The molecule has 2 aromatic rings. The van der Waals surface area contributed by atoms with Crippen LogP contribution in [-0.2, 0) is 6.54 Å². The Balaban J connectivity index is 2.27. The standard InChI is InChI=1S/C13H14ClN3/c1-10-7-11(3-4-12(10)14)13(15-2)8-17-6-5-16-9-17/h3-7,9H,8H2,1-2H3. The first kappa shape index (κ1) is 11.9. The molecule has 0 aliphatic carbocycles. The number of hydrogen-bond donors (Lipinski definition) is 0. The highest BCUT2D eigenvalue weighted by Crippen LogP contribution is 2.17. The van der Waals surface area contributed by atoms with Crippen LogP contribution in [-0.4, -0.2) is 22.3 Å². The smallest absolute Gasteiger partial charge is 0.0949 e. The van der Waals surface area contributed by atoms with Gasteiger partial charge in [-0.25, -0.2) is 4.98 Å². The molecule has 0 bridgehead atoms. The average molecular weight is 248 g/mol. The number of imidazole rings is 1. The summed E-state index contributed by atoms with van der Waals surface area (Å²) in [6.07, 6.45) is 5.47. The number of aromatic nitrogens is 2. The Labute approximate surface area is 106 Å². The van der Waals surface area contributed by atoms with Crippen LogP contribution in [0.15, 0.2) is 41.9 Å². The molecule has 1 aromatic carbocycles. The highest BCUT2D eigenvalue weighted by atomic mass is 35.5. The molecule has 0 spiro atoms. The Morgan fingerprint density at radius 3 is 2.88 bits per heavy atom. The van der Waals surface area contributed by atoms with Crippen molar-refractivity contribution in [3.63, 3.8) is 0 Å². The Morgan fingerprint density at radius 2 is 2.29 bits per heavy atom. The minimum Gasteiger partial charge on any atom is -0.331 e. The molecule has 0 atom stereocenters. The van der Waals surface area contributed by atoms with Crippen molar-refractivity contribution in [2.45, 2.75) is 13.5 Å². The van der Waals surface area contributed by atoms with Crippen molar-refractivity contribution in [2.24, 2.45) is 4.99 Å². The summed E-state index contributed by atoms with van der Waals surface area (Å²) in [6.45, 7) is 2.72. The Kier molecular flexibility index (Phi) is 3.59. The fourth-order valence-corrected chi connectivity index (χ4v) is 1.79. The van der Waals surface area contributed by atoms with Gasteiger partial charge in [-0.3, -0.25) is 4.99 Å². The molecule has 0 amide bonds. The number of nitrogens with zero attached hydrogens (tertiary/aromatic N) is 3. The van der Waals surface area contributed by atoms with Gasteiger partial charge >= 0.3 is 0 Å². The molecule has 17 heavy (non-hydrogen) atoms. The van der Waals surface area contributed by atoms with Gasteiger partial charge in [-0.05, 0) is 30.2 Å². The largest absolute Gasteiger partial charge is 0.331 e. The van der Waals surface area contributed by atoms with Crippen LogP contribution in [0.2, 0.25) is 5.02 Å². The lowest BCUT2D eigenvalue weighted by atomic mass is 10.1. The molecule has 4 heteroatoms. The molecular weight excluding hydrogens is 234 g/mol. The minimum atomic E-state index is 0.720. The number of halogens is 1. The van der Waals surface area contributed by atoms with Crippen LogP contribution in [0.5, 0.6) is 0 Å². The van der Waals surface area contributed by atoms with Crippen LogP contribution in [0.3, 0.4) is 0 Å².